The fourth-order valence-corrected chi connectivity index (χ4v) is 2.10. The number of hydrogen-bond donors (Lipinski definition) is 0. The summed E-state index contributed by atoms with van der Waals surface area (Å²) in [6.07, 6.45) is 1.19. The number of hydrogen-bond acceptors (Lipinski definition) is 3. The van der Waals surface area contributed by atoms with Crippen LogP contribution < -0.4 is 9.47 Å². The van der Waals surface area contributed by atoms with Gasteiger partial charge in [-0.3, -0.25) is 0 Å². The maximum atomic E-state index is 8.73. The molecule has 0 aliphatic rings. The third-order valence-electron chi connectivity index (χ3n) is 3.19. The molecule has 20 heavy (non-hydrogen) atoms. The second-order valence-electron chi connectivity index (χ2n) is 4.51. The van der Waals surface area contributed by atoms with Crippen molar-refractivity contribution in [3.05, 3.63) is 59.2 Å². The van der Waals surface area contributed by atoms with Gasteiger partial charge < -0.3 is 9.47 Å². The van der Waals surface area contributed by atoms with E-state index < -0.39 is 0 Å². The summed E-state index contributed by atoms with van der Waals surface area (Å²) in [5.41, 5.74) is 3.28. The van der Waals surface area contributed by atoms with Gasteiger partial charge in [-0.05, 0) is 34.9 Å². The van der Waals surface area contributed by atoms with Crippen LogP contribution in [0.15, 0.2) is 42.5 Å². The van der Waals surface area contributed by atoms with Crippen molar-refractivity contribution in [3.8, 4) is 17.6 Å². The highest BCUT2D eigenvalue weighted by Crippen LogP contribution is 2.24. The van der Waals surface area contributed by atoms with E-state index in [1.54, 1.807) is 14.2 Å². The van der Waals surface area contributed by atoms with Crippen LogP contribution >= 0.6 is 0 Å². The summed E-state index contributed by atoms with van der Waals surface area (Å²) >= 11 is 0. The number of nitrogens with zero attached hydrogens (tertiary/aromatic N) is 1. The van der Waals surface area contributed by atoms with Crippen molar-refractivity contribution in [2.24, 2.45) is 0 Å². The lowest BCUT2D eigenvalue weighted by Crippen LogP contribution is -1.96. The molecular formula is C17H17NO2. The lowest BCUT2D eigenvalue weighted by Gasteiger charge is -2.10. The normalized spacial score (nSPS) is 9.85. The molecule has 0 radical (unpaired) electrons. The third-order valence-corrected chi connectivity index (χ3v) is 3.19. The van der Waals surface area contributed by atoms with E-state index in [1.165, 1.54) is 5.56 Å². The highest BCUT2D eigenvalue weighted by molar-refractivity contribution is 5.42. The minimum Gasteiger partial charge on any atom is -0.497 e. The molecule has 2 rings (SSSR count). The number of methoxy groups -OCH3 is 2. The first kappa shape index (κ1) is 14.0. The van der Waals surface area contributed by atoms with Crippen LogP contribution in [0.2, 0.25) is 0 Å². The fourth-order valence-electron chi connectivity index (χ4n) is 2.10. The first-order chi connectivity index (χ1) is 9.76. The van der Waals surface area contributed by atoms with E-state index in [9.17, 15) is 0 Å². The molecule has 0 amide bonds. The Hall–Kier alpha value is -2.47. The van der Waals surface area contributed by atoms with E-state index >= 15 is 0 Å². The summed E-state index contributed by atoms with van der Waals surface area (Å²) in [7, 11) is 3.31. The Morgan fingerprint density at radius 1 is 0.950 bits per heavy atom. The van der Waals surface area contributed by atoms with Gasteiger partial charge in [0.05, 0.1) is 26.7 Å². The molecule has 0 aliphatic heterocycles. The summed E-state index contributed by atoms with van der Waals surface area (Å²) in [5, 5.41) is 8.73. The number of nitriles is 1. The highest BCUT2D eigenvalue weighted by atomic mass is 16.5. The van der Waals surface area contributed by atoms with Crippen LogP contribution in [0, 0.1) is 11.3 Å². The van der Waals surface area contributed by atoms with Crippen molar-refractivity contribution < 1.29 is 9.47 Å². The van der Waals surface area contributed by atoms with Gasteiger partial charge in [-0.15, -0.1) is 0 Å². The molecule has 2 aromatic carbocycles. The van der Waals surface area contributed by atoms with E-state index in [0.29, 0.717) is 6.42 Å². The molecule has 0 saturated carbocycles. The zero-order valence-corrected chi connectivity index (χ0v) is 11.7. The van der Waals surface area contributed by atoms with Gasteiger partial charge in [0.25, 0.3) is 0 Å². The molecule has 0 aromatic heterocycles. The highest BCUT2D eigenvalue weighted by Gasteiger charge is 2.06. The summed E-state index contributed by atoms with van der Waals surface area (Å²) in [5.74, 6) is 1.68. The van der Waals surface area contributed by atoms with Crippen LogP contribution in [0.25, 0.3) is 0 Å². The molecule has 0 saturated heterocycles. The molecule has 3 nitrogen and oxygen atoms in total. The quantitative estimate of drug-likeness (QED) is 0.834. The first-order valence-corrected chi connectivity index (χ1v) is 6.42. The van der Waals surface area contributed by atoms with Crippen molar-refractivity contribution in [2.75, 3.05) is 14.2 Å². The number of ether oxygens (including phenoxy) is 2. The number of benzene rings is 2. The van der Waals surface area contributed by atoms with Crippen molar-refractivity contribution >= 4 is 0 Å². The Morgan fingerprint density at radius 2 is 1.65 bits per heavy atom. The Labute approximate surface area is 119 Å². The maximum Gasteiger partial charge on any atom is 0.122 e. The van der Waals surface area contributed by atoms with Crippen LogP contribution in [0.1, 0.15) is 16.7 Å². The van der Waals surface area contributed by atoms with Crippen LogP contribution in [0.3, 0.4) is 0 Å². The lowest BCUT2D eigenvalue weighted by atomic mass is 10.0. The molecule has 0 unspecified atom stereocenters. The third kappa shape index (κ3) is 3.30. The molecule has 0 bridgehead atoms. The molecular weight excluding hydrogens is 250 g/mol. The second kappa shape index (κ2) is 6.63. The van der Waals surface area contributed by atoms with Crippen LogP contribution in [0.5, 0.6) is 11.5 Å². The topological polar surface area (TPSA) is 42.2 Å². The van der Waals surface area contributed by atoms with E-state index in [1.807, 2.05) is 42.5 Å². The Kier molecular flexibility index (Phi) is 4.62. The lowest BCUT2D eigenvalue weighted by molar-refractivity contribution is 0.410. The molecule has 2 aromatic rings. The van der Waals surface area contributed by atoms with Gasteiger partial charge in [-0.25, -0.2) is 0 Å². The van der Waals surface area contributed by atoms with E-state index in [2.05, 4.69) is 6.07 Å². The van der Waals surface area contributed by atoms with E-state index in [-0.39, 0.29) is 0 Å². The standard InChI is InChI=1S/C17H17NO2/c1-19-16-7-4-13(5-8-16)11-15-6-3-14(9-10-18)12-17(15)20-2/h3-8,12H,9,11H2,1-2H3. The minimum absolute atomic E-state index is 0.402. The van der Waals surface area contributed by atoms with Crippen molar-refractivity contribution in [3.63, 3.8) is 0 Å². The molecule has 0 fully saturated rings. The van der Waals surface area contributed by atoms with Crippen LogP contribution in [0.4, 0.5) is 0 Å². The van der Waals surface area contributed by atoms with Gasteiger partial charge in [-0.1, -0.05) is 24.3 Å². The van der Waals surface area contributed by atoms with Gasteiger partial charge in [0.2, 0.25) is 0 Å². The SMILES string of the molecule is COc1ccc(Cc2ccc(CC#N)cc2OC)cc1. The number of rotatable bonds is 5. The van der Waals surface area contributed by atoms with Gasteiger partial charge in [0, 0.05) is 6.42 Å². The second-order valence-corrected chi connectivity index (χ2v) is 4.51. The van der Waals surface area contributed by atoms with E-state index in [4.69, 9.17) is 14.7 Å². The zero-order chi connectivity index (χ0) is 14.4. The molecule has 0 spiro atoms. The van der Waals surface area contributed by atoms with Gasteiger partial charge in [0.1, 0.15) is 11.5 Å². The molecule has 102 valence electrons. The molecule has 0 atom stereocenters. The molecule has 0 heterocycles. The van der Waals surface area contributed by atoms with Crippen molar-refractivity contribution in [1.29, 1.82) is 5.26 Å². The maximum absolute atomic E-state index is 8.73. The summed E-state index contributed by atoms with van der Waals surface area (Å²) in [6.45, 7) is 0. The van der Waals surface area contributed by atoms with Crippen molar-refractivity contribution in [1.82, 2.24) is 0 Å². The van der Waals surface area contributed by atoms with Gasteiger partial charge in [0.15, 0.2) is 0 Å². The largest absolute Gasteiger partial charge is 0.497 e. The average molecular weight is 267 g/mol. The van der Waals surface area contributed by atoms with Crippen molar-refractivity contribution in [2.45, 2.75) is 12.8 Å². The molecule has 3 heteroatoms. The molecule has 0 aliphatic carbocycles. The Balaban J connectivity index is 2.21. The molecule has 0 N–H and O–H groups in total. The Bertz CT molecular complexity index is 612. The fraction of sp³-hybridized carbons (Fsp3) is 0.235. The first-order valence-electron chi connectivity index (χ1n) is 6.42. The van der Waals surface area contributed by atoms with Gasteiger partial charge >= 0.3 is 0 Å². The van der Waals surface area contributed by atoms with Crippen LogP contribution in [-0.2, 0) is 12.8 Å². The predicted octanol–water partition coefficient (Wildman–Crippen LogP) is 3.36. The van der Waals surface area contributed by atoms with E-state index in [0.717, 1.165) is 29.0 Å². The van der Waals surface area contributed by atoms with Gasteiger partial charge in [-0.2, -0.15) is 5.26 Å². The Morgan fingerprint density at radius 3 is 2.25 bits per heavy atom. The van der Waals surface area contributed by atoms with Crippen LogP contribution in [-0.4, -0.2) is 14.2 Å². The average Bonchev–Trinajstić information content (AvgIpc) is 2.50. The minimum atomic E-state index is 0.402. The monoisotopic (exact) mass is 267 g/mol. The summed E-state index contributed by atoms with van der Waals surface area (Å²) in [4.78, 5) is 0. The zero-order valence-electron chi connectivity index (χ0n) is 11.7. The smallest absolute Gasteiger partial charge is 0.122 e. The predicted molar refractivity (Wildman–Crippen MR) is 78.1 cm³/mol. The summed E-state index contributed by atoms with van der Waals surface area (Å²) < 4.78 is 10.6. The summed E-state index contributed by atoms with van der Waals surface area (Å²) in [6, 6.07) is 16.1.